The summed E-state index contributed by atoms with van der Waals surface area (Å²) in [7, 11) is 0. The smallest absolute Gasteiger partial charge is 0.189 e. The lowest BCUT2D eigenvalue weighted by Gasteiger charge is -2.27. The summed E-state index contributed by atoms with van der Waals surface area (Å²) in [4.78, 5) is 4.59. The van der Waals surface area contributed by atoms with Crippen LogP contribution >= 0.6 is 24.0 Å². The van der Waals surface area contributed by atoms with Crippen LogP contribution in [0.25, 0.3) is 0 Å². The number of nitrogens with two attached hydrogens (primary N) is 1. The van der Waals surface area contributed by atoms with Crippen LogP contribution < -0.4 is 21.1 Å². The highest BCUT2D eigenvalue weighted by Crippen LogP contribution is 2.31. The maximum absolute atomic E-state index is 6.17. The molecule has 0 aromatic heterocycles. The molecule has 2 aromatic carbocycles. The number of halogens is 1. The fourth-order valence-corrected chi connectivity index (χ4v) is 3.08. The van der Waals surface area contributed by atoms with Crippen LogP contribution in [0.4, 0.5) is 5.69 Å². The molecule has 2 atom stereocenters. The molecule has 3 rings (SSSR count). The average Bonchev–Trinajstić information content (AvgIpc) is 2.66. The van der Waals surface area contributed by atoms with Gasteiger partial charge in [0.1, 0.15) is 5.75 Å². The van der Waals surface area contributed by atoms with Crippen LogP contribution in [0.3, 0.4) is 0 Å². The zero-order valence-corrected chi connectivity index (χ0v) is 18.2. The summed E-state index contributed by atoms with van der Waals surface area (Å²) < 4.78 is 5.70. The van der Waals surface area contributed by atoms with Crippen LogP contribution in [0.5, 0.6) is 5.75 Å². The van der Waals surface area contributed by atoms with Gasteiger partial charge in [0.05, 0.1) is 19.2 Å². The molecule has 0 saturated heterocycles. The van der Waals surface area contributed by atoms with Crippen molar-refractivity contribution >= 4 is 35.6 Å². The first-order valence-corrected chi connectivity index (χ1v) is 9.23. The SMILES string of the molecule is CC(C)C(CN=C(N)NC1CCOc2ccccc21)Nc1ccccc1.I. The third kappa shape index (κ3) is 6.02. The highest BCUT2D eigenvalue weighted by atomic mass is 127. The van der Waals surface area contributed by atoms with Crippen LogP contribution in [0.1, 0.15) is 31.9 Å². The standard InChI is InChI=1S/C21H28N4O.HI/c1-15(2)19(24-16-8-4-3-5-9-16)14-23-21(22)25-18-12-13-26-20-11-7-6-10-17(18)20;/h3-11,15,18-19,24H,12-14H2,1-2H3,(H3,22,23,25);1H. The highest BCUT2D eigenvalue weighted by molar-refractivity contribution is 14.0. The molecule has 0 fully saturated rings. The fraction of sp³-hybridized carbons (Fsp3) is 0.381. The highest BCUT2D eigenvalue weighted by Gasteiger charge is 2.21. The monoisotopic (exact) mass is 480 g/mol. The largest absolute Gasteiger partial charge is 0.493 e. The lowest BCUT2D eigenvalue weighted by molar-refractivity contribution is 0.262. The number of hydrogen-bond donors (Lipinski definition) is 3. The molecule has 0 aliphatic carbocycles. The van der Waals surface area contributed by atoms with Gasteiger partial charge >= 0.3 is 0 Å². The van der Waals surface area contributed by atoms with Crippen molar-refractivity contribution in [1.29, 1.82) is 0 Å². The van der Waals surface area contributed by atoms with E-state index in [9.17, 15) is 0 Å². The van der Waals surface area contributed by atoms with Crippen LogP contribution in [-0.2, 0) is 0 Å². The summed E-state index contributed by atoms with van der Waals surface area (Å²) >= 11 is 0. The number of rotatable bonds is 6. The van der Waals surface area contributed by atoms with E-state index in [0.29, 0.717) is 25.0 Å². The number of anilines is 1. The van der Waals surface area contributed by atoms with Crippen molar-refractivity contribution in [1.82, 2.24) is 5.32 Å². The van der Waals surface area contributed by atoms with Gasteiger partial charge in [0, 0.05) is 23.7 Å². The lowest BCUT2D eigenvalue weighted by Crippen LogP contribution is -2.38. The maximum atomic E-state index is 6.17. The van der Waals surface area contributed by atoms with Crippen molar-refractivity contribution in [3.63, 3.8) is 0 Å². The number of fused-ring (bicyclic) bond motifs is 1. The van der Waals surface area contributed by atoms with Crippen molar-refractivity contribution in [2.24, 2.45) is 16.6 Å². The Kier molecular flexibility index (Phi) is 8.22. The lowest BCUT2D eigenvalue weighted by atomic mass is 10.0. The molecule has 4 N–H and O–H groups in total. The number of para-hydroxylation sites is 2. The van der Waals surface area contributed by atoms with Gasteiger partial charge in [-0.25, -0.2) is 0 Å². The van der Waals surface area contributed by atoms with E-state index in [4.69, 9.17) is 10.5 Å². The van der Waals surface area contributed by atoms with Crippen molar-refractivity contribution in [3.8, 4) is 5.75 Å². The second-order valence-corrected chi connectivity index (χ2v) is 6.96. The van der Waals surface area contributed by atoms with E-state index in [0.717, 1.165) is 23.4 Å². The Bertz CT molecular complexity index is 736. The molecule has 1 aliphatic heterocycles. The number of guanidine groups is 1. The molecule has 146 valence electrons. The molecule has 1 aliphatic rings. The van der Waals surface area contributed by atoms with Gasteiger partial charge in [-0.05, 0) is 24.1 Å². The number of hydrogen-bond acceptors (Lipinski definition) is 3. The Morgan fingerprint density at radius 2 is 1.85 bits per heavy atom. The predicted octanol–water partition coefficient (Wildman–Crippen LogP) is 4.17. The molecule has 0 saturated carbocycles. The van der Waals surface area contributed by atoms with E-state index in [1.165, 1.54) is 0 Å². The molecule has 0 amide bonds. The topological polar surface area (TPSA) is 71.7 Å². The number of ether oxygens (including phenoxy) is 1. The van der Waals surface area contributed by atoms with Crippen LogP contribution in [0.15, 0.2) is 59.6 Å². The van der Waals surface area contributed by atoms with Crippen LogP contribution in [-0.4, -0.2) is 25.2 Å². The van der Waals surface area contributed by atoms with E-state index in [-0.39, 0.29) is 36.1 Å². The average molecular weight is 480 g/mol. The molecular weight excluding hydrogens is 451 g/mol. The molecule has 6 heteroatoms. The van der Waals surface area contributed by atoms with E-state index >= 15 is 0 Å². The van der Waals surface area contributed by atoms with Gasteiger partial charge in [-0.15, -0.1) is 24.0 Å². The minimum Gasteiger partial charge on any atom is -0.493 e. The van der Waals surface area contributed by atoms with Crippen molar-refractivity contribution < 1.29 is 4.74 Å². The molecule has 5 nitrogen and oxygen atoms in total. The summed E-state index contributed by atoms with van der Waals surface area (Å²) in [5.41, 5.74) is 8.42. The Morgan fingerprint density at radius 1 is 1.15 bits per heavy atom. The first-order chi connectivity index (χ1) is 12.6. The molecule has 0 spiro atoms. The zero-order chi connectivity index (χ0) is 18.4. The molecular formula is C21H29IN4O. The fourth-order valence-electron chi connectivity index (χ4n) is 3.08. The zero-order valence-electron chi connectivity index (χ0n) is 15.9. The Morgan fingerprint density at radius 3 is 2.59 bits per heavy atom. The summed E-state index contributed by atoms with van der Waals surface area (Å²) in [5.74, 6) is 1.85. The maximum Gasteiger partial charge on any atom is 0.189 e. The van der Waals surface area contributed by atoms with Gasteiger partial charge in [0.25, 0.3) is 0 Å². The Hall–Kier alpha value is -1.96. The molecule has 2 aromatic rings. The van der Waals surface area contributed by atoms with E-state index in [2.05, 4.69) is 47.7 Å². The van der Waals surface area contributed by atoms with Crippen LogP contribution in [0.2, 0.25) is 0 Å². The predicted molar refractivity (Wildman–Crippen MR) is 123 cm³/mol. The molecule has 0 radical (unpaired) electrons. The van der Waals surface area contributed by atoms with Gasteiger partial charge in [-0.1, -0.05) is 50.2 Å². The number of nitrogens with one attached hydrogen (secondary N) is 2. The second kappa shape index (κ2) is 10.4. The van der Waals surface area contributed by atoms with Gasteiger partial charge in [-0.2, -0.15) is 0 Å². The first-order valence-electron chi connectivity index (χ1n) is 9.23. The van der Waals surface area contributed by atoms with Crippen molar-refractivity contribution in [3.05, 3.63) is 60.2 Å². The summed E-state index contributed by atoms with van der Waals surface area (Å²) in [6.07, 6.45) is 0.878. The minimum absolute atomic E-state index is 0. The third-order valence-electron chi connectivity index (χ3n) is 4.67. The van der Waals surface area contributed by atoms with Crippen molar-refractivity contribution in [2.45, 2.75) is 32.4 Å². The van der Waals surface area contributed by atoms with Crippen LogP contribution in [0, 0.1) is 5.92 Å². The summed E-state index contributed by atoms with van der Waals surface area (Å²) in [5, 5.41) is 6.90. The Labute approximate surface area is 178 Å². The third-order valence-corrected chi connectivity index (χ3v) is 4.67. The summed E-state index contributed by atoms with van der Waals surface area (Å²) in [6, 6.07) is 18.7. The quantitative estimate of drug-likeness (QED) is 0.330. The second-order valence-electron chi connectivity index (χ2n) is 6.96. The molecule has 0 bridgehead atoms. The van der Waals surface area contributed by atoms with Gasteiger partial charge < -0.3 is 21.1 Å². The van der Waals surface area contributed by atoms with Gasteiger partial charge in [-0.3, -0.25) is 4.99 Å². The molecule has 1 heterocycles. The Balaban J connectivity index is 0.00000261. The van der Waals surface area contributed by atoms with E-state index < -0.39 is 0 Å². The minimum atomic E-state index is 0. The normalized spacial score (nSPS) is 17.3. The number of benzene rings is 2. The first kappa shape index (κ1) is 21.3. The van der Waals surface area contributed by atoms with E-state index in [1.54, 1.807) is 0 Å². The number of nitrogens with zero attached hydrogens (tertiary/aromatic N) is 1. The van der Waals surface area contributed by atoms with Gasteiger partial charge in [0.2, 0.25) is 0 Å². The molecule has 2 unspecified atom stereocenters. The molecule has 27 heavy (non-hydrogen) atoms. The van der Waals surface area contributed by atoms with Crippen molar-refractivity contribution in [2.75, 3.05) is 18.5 Å². The van der Waals surface area contributed by atoms with E-state index in [1.807, 2.05) is 36.4 Å². The summed E-state index contributed by atoms with van der Waals surface area (Å²) in [6.45, 7) is 5.69. The van der Waals surface area contributed by atoms with Gasteiger partial charge in [0.15, 0.2) is 5.96 Å². The number of aliphatic imine (C=N–C) groups is 1.